The molecule has 178 valence electrons. The Balaban J connectivity index is 3.13. The molecule has 0 unspecified atom stereocenters. The maximum Gasteiger partial charge on any atom is 0.303 e. The summed E-state index contributed by atoms with van der Waals surface area (Å²) in [7, 11) is 0. The number of aliphatic imine (C=N–C) groups is 2. The van der Waals surface area contributed by atoms with Crippen LogP contribution < -0.4 is 5.32 Å². The molecule has 0 saturated heterocycles. The first-order valence-electron chi connectivity index (χ1n) is 11.3. The van der Waals surface area contributed by atoms with E-state index in [1.807, 2.05) is 13.8 Å². The highest BCUT2D eigenvalue weighted by molar-refractivity contribution is 5.96. The lowest BCUT2D eigenvalue weighted by molar-refractivity contribution is -0.137. The summed E-state index contributed by atoms with van der Waals surface area (Å²) in [6, 6.07) is 5.30. The van der Waals surface area contributed by atoms with Crippen molar-refractivity contribution in [2.45, 2.75) is 39.5 Å². The molecule has 0 bridgehead atoms. The van der Waals surface area contributed by atoms with Gasteiger partial charge in [-0.05, 0) is 56.5 Å². The molecule has 7 nitrogen and oxygen atoms in total. The molecule has 0 atom stereocenters. The van der Waals surface area contributed by atoms with Gasteiger partial charge in [0.25, 0.3) is 5.91 Å². The van der Waals surface area contributed by atoms with Gasteiger partial charge in [-0.25, -0.2) is 0 Å². The summed E-state index contributed by atoms with van der Waals surface area (Å²) in [6.07, 6.45) is 10.7. The van der Waals surface area contributed by atoms with Crippen molar-refractivity contribution in [2.24, 2.45) is 9.98 Å². The van der Waals surface area contributed by atoms with E-state index in [9.17, 15) is 9.59 Å². The first-order valence-corrected chi connectivity index (χ1v) is 11.3. The van der Waals surface area contributed by atoms with Gasteiger partial charge >= 0.3 is 5.97 Å². The first kappa shape index (κ1) is 27.7. The second kappa shape index (κ2) is 16.3. The number of carbonyl (C=O) groups excluding carboxylic acids is 1. The molecule has 2 N–H and O–H groups in total. The number of amides is 1. The van der Waals surface area contributed by atoms with Gasteiger partial charge in [-0.3, -0.25) is 19.6 Å². The minimum Gasteiger partial charge on any atom is -0.481 e. The highest BCUT2D eigenvalue weighted by Gasteiger charge is 2.15. The van der Waals surface area contributed by atoms with Crippen molar-refractivity contribution in [3.8, 4) is 0 Å². The Morgan fingerprint density at radius 3 is 2.58 bits per heavy atom. The molecule has 0 radical (unpaired) electrons. The molecule has 0 aliphatic heterocycles. The summed E-state index contributed by atoms with van der Waals surface area (Å²) in [5.74, 6) is -0.850. The first-order chi connectivity index (χ1) is 16.0. The van der Waals surface area contributed by atoms with Gasteiger partial charge in [-0.2, -0.15) is 0 Å². The Labute approximate surface area is 197 Å². The predicted octanol–water partition coefficient (Wildman–Crippen LogP) is 5.11. The fraction of sp³-hybridized carbons (Fsp3) is 0.385. The fourth-order valence-electron chi connectivity index (χ4n) is 2.96. The molecule has 0 heterocycles. The third-order valence-corrected chi connectivity index (χ3v) is 4.80. The topological polar surface area (TPSA) is 94.4 Å². The summed E-state index contributed by atoms with van der Waals surface area (Å²) < 4.78 is 0. The van der Waals surface area contributed by atoms with E-state index in [2.05, 4.69) is 28.5 Å². The monoisotopic (exact) mass is 452 g/mol. The highest BCUT2D eigenvalue weighted by atomic mass is 16.4. The summed E-state index contributed by atoms with van der Waals surface area (Å²) in [6.45, 7) is 14.3. The van der Waals surface area contributed by atoms with Crippen LogP contribution in [0.25, 0.3) is 0 Å². The number of hydrogen-bond acceptors (Lipinski definition) is 5. The second-order valence-electron chi connectivity index (χ2n) is 7.26. The van der Waals surface area contributed by atoms with Gasteiger partial charge in [-0.1, -0.05) is 38.3 Å². The molecule has 1 rings (SSSR count). The van der Waals surface area contributed by atoms with E-state index in [0.717, 1.165) is 25.1 Å². The normalized spacial score (nSPS) is 11.8. The van der Waals surface area contributed by atoms with Crippen molar-refractivity contribution in [3.63, 3.8) is 0 Å². The van der Waals surface area contributed by atoms with E-state index >= 15 is 0 Å². The number of unbranched alkanes of at least 4 members (excludes halogenated alkanes) is 2. The SMILES string of the molecule is C=C/C=C(\C=C)C=Nc1ccc(C(=O)N(CC)CCNCC)cc1N=CCCCCC(=O)O. The number of aliphatic carboxylic acids is 1. The number of carboxylic acid groups (broad SMARTS) is 1. The largest absolute Gasteiger partial charge is 0.481 e. The van der Waals surface area contributed by atoms with Crippen LogP contribution in [0.5, 0.6) is 0 Å². The van der Waals surface area contributed by atoms with E-state index in [-0.39, 0.29) is 12.3 Å². The van der Waals surface area contributed by atoms with Gasteiger partial charge in [0.1, 0.15) is 0 Å². The summed E-state index contributed by atoms with van der Waals surface area (Å²) >= 11 is 0. The van der Waals surface area contributed by atoms with Crippen LogP contribution in [0.15, 0.2) is 65.1 Å². The maximum atomic E-state index is 13.0. The molecule has 1 aromatic carbocycles. The molecule has 0 aliphatic rings. The summed E-state index contributed by atoms with van der Waals surface area (Å²) in [5.41, 5.74) is 2.56. The Kier molecular flexibility index (Phi) is 13.7. The van der Waals surface area contributed by atoms with Crippen LogP contribution in [-0.2, 0) is 4.79 Å². The van der Waals surface area contributed by atoms with Crippen LogP contribution in [-0.4, -0.2) is 60.5 Å². The Morgan fingerprint density at radius 2 is 1.94 bits per heavy atom. The molecule has 1 aromatic rings. The van der Waals surface area contributed by atoms with Crippen molar-refractivity contribution in [1.29, 1.82) is 0 Å². The quantitative estimate of drug-likeness (QED) is 0.207. The predicted molar refractivity (Wildman–Crippen MR) is 137 cm³/mol. The van der Waals surface area contributed by atoms with Gasteiger partial charge in [-0.15, -0.1) is 0 Å². The number of nitrogens with one attached hydrogen (secondary N) is 1. The zero-order chi connectivity index (χ0) is 24.5. The van der Waals surface area contributed by atoms with Crippen LogP contribution in [0.2, 0.25) is 0 Å². The lowest BCUT2D eigenvalue weighted by Crippen LogP contribution is -2.36. The standard InChI is InChI=1S/C26H36N4O3/c1-5-12-21(6-2)20-29-23-15-14-22(26(33)30(8-4)18-17-27-7-3)19-24(23)28-16-11-9-10-13-25(31)32/h5-6,12,14-16,19-20,27H,1-2,7-11,13,17-18H2,3-4H3,(H,31,32)/b21-12+,28-16?,29-20?. The summed E-state index contributed by atoms with van der Waals surface area (Å²) in [4.78, 5) is 34.5. The van der Waals surface area contributed by atoms with Gasteiger partial charge in [0, 0.05) is 44.0 Å². The van der Waals surface area contributed by atoms with Crippen molar-refractivity contribution in [2.75, 3.05) is 26.2 Å². The molecular weight excluding hydrogens is 416 g/mol. The lowest BCUT2D eigenvalue weighted by Gasteiger charge is -2.21. The second-order valence-corrected chi connectivity index (χ2v) is 7.26. The number of hydrogen-bond donors (Lipinski definition) is 2. The molecule has 0 spiro atoms. The van der Waals surface area contributed by atoms with Gasteiger partial charge < -0.3 is 15.3 Å². The molecule has 7 heteroatoms. The summed E-state index contributed by atoms with van der Waals surface area (Å²) in [5, 5.41) is 12.0. The average molecular weight is 453 g/mol. The zero-order valence-corrected chi connectivity index (χ0v) is 19.8. The highest BCUT2D eigenvalue weighted by Crippen LogP contribution is 2.29. The molecule has 0 fully saturated rings. The lowest BCUT2D eigenvalue weighted by atomic mass is 10.1. The van der Waals surface area contributed by atoms with Crippen molar-refractivity contribution in [3.05, 3.63) is 60.7 Å². The molecule has 0 aliphatic carbocycles. The van der Waals surface area contributed by atoms with Crippen LogP contribution in [0.3, 0.4) is 0 Å². The number of allylic oxidation sites excluding steroid dienone is 4. The molecule has 0 saturated carbocycles. The Bertz CT molecular complexity index is 888. The molecular formula is C26H36N4O3. The number of carboxylic acids is 1. The van der Waals surface area contributed by atoms with Gasteiger partial charge in [0.2, 0.25) is 0 Å². The number of nitrogens with zero attached hydrogens (tertiary/aromatic N) is 3. The van der Waals surface area contributed by atoms with Crippen molar-refractivity contribution >= 4 is 35.7 Å². The number of likely N-dealkylation sites (N-methyl/N-ethyl adjacent to an activating group) is 2. The van der Waals surface area contributed by atoms with Crippen LogP contribution in [0.4, 0.5) is 11.4 Å². The van der Waals surface area contributed by atoms with E-state index in [1.165, 1.54) is 0 Å². The Morgan fingerprint density at radius 1 is 1.15 bits per heavy atom. The smallest absolute Gasteiger partial charge is 0.303 e. The maximum absolute atomic E-state index is 13.0. The van der Waals surface area contributed by atoms with Crippen LogP contribution in [0, 0.1) is 0 Å². The fourth-order valence-corrected chi connectivity index (χ4v) is 2.96. The Hall–Kier alpha value is -3.32. The molecule has 1 amide bonds. The number of benzene rings is 1. The number of carbonyl (C=O) groups is 2. The van der Waals surface area contributed by atoms with Crippen LogP contribution in [0.1, 0.15) is 49.9 Å². The van der Waals surface area contributed by atoms with Gasteiger partial charge in [0.15, 0.2) is 0 Å². The van der Waals surface area contributed by atoms with Crippen molar-refractivity contribution in [1.82, 2.24) is 10.2 Å². The van der Waals surface area contributed by atoms with E-state index in [4.69, 9.17) is 5.11 Å². The molecule has 0 aromatic heterocycles. The molecule has 33 heavy (non-hydrogen) atoms. The third kappa shape index (κ3) is 10.7. The van der Waals surface area contributed by atoms with E-state index in [0.29, 0.717) is 42.9 Å². The average Bonchev–Trinajstić information content (AvgIpc) is 2.81. The van der Waals surface area contributed by atoms with Crippen LogP contribution >= 0.6 is 0 Å². The van der Waals surface area contributed by atoms with E-state index < -0.39 is 5.97 Å². The minimum atomic E-state index is -0.796. The van der Waals surface area contributed by atoms with E-state index in [1.54, 1.807) is 53.8 Å². The van der Waals surface area contributed by atoms with Gasteiger partial charge in [0.05, 0.1) is 11.4 Å². The number of rotatable bonds is 16. The van der Waals surface area contributed by atoms with Crippen molar-refractivity contribution < 1.29 is 14.7 Å². The minimum absolute atomic E-state index is 0.0535. The third-order valence-electron chi connectivity index (χ3n) is 4.80. The zero-order valence-electron chi connectivity index (χ0n) is 19.8.